The number of aromatic hydroxyl groups is 4. The fourth-order valence-corrected chi connectivity index (χ4v) is 5.95. The predicted molar refractivity (Wildman–Crippen MR) is 137 cm³/mol. The predicted octanol–water partition coefficient (Wildman–Crippen LogP) is 5.72. The van der Waals surface area contributed by atoms with E-state index in [1.165, 1.54) is 0 Å². The second kappa shape index (κ2) is 8.12. The Bertz CT molecular complexity index is 1440. The van der Waals surface area contributed by atoms with Gasteiger partial charge in [-0.3, -0.25) is 0 Å². The minimum atomic E-state index is 0.115. The van der Waals surface area contributed by atoms with Crippen molar-refractivity contribution in [2.24, 2.45) is 0 Å². The van der Waals surface area contributed by atoms with Crippen molar-refractivity contribution in [3.8, 4) is 67.9 Å². The fourth-order valence-electron chi connectivity index (χ4n) is 5.95. The van der Waals surface area contributed by atoms with Crippen molar-refractivity contribution in [1.29, 1.82) is 0 Å². The molecule has 0 radical (unpaired) electrons. The summed E-state index contributed by atoms with van der Waals surface area (Å²) < 4.78 is 11.6. The SMILES string of the molecule is COc1cc(O)c2c(c1-c1c(OC)cc(O)c3c1CCc1cc(O)ccc1-3)CCc1cc(O)ccc1-2. The number of aryl methyl sites for hydroxylation is 2. The van der Waals surface area contributed by atoms with E-state index in [0.29, 0.717) is 37.2 Å². The maximum Gasteiger partial charge on any atom is 0.130 e. The zero-order chi connectivity index (χ0) is 25.1. The Hall–Kier alpha value is -4.32. The van der Waals surface area contributed by atoms with Gasteiger partial charge in [0.2, 0.25) is 0 Å². The number of rotatable bonds is 3. The van der Waals surface area contributed by atoms with Crippen LogP contribution in [0.15, 0.2) is 48.5 Å². The average Bonchev–Trinajstić information content (AvgIpc) is 2.87. The van der Waals surface area contributed by atoms with E-state index in [-0.39, 0.29) is 23.0 Å². The number of fused-ring (bicyclic) bond motifs is 6. The van der Waals surface area contributed by atoms with E-state index < -0.39 is 0 Å². The third kappa shape index (κ3) is 3.18. The van der Waals surface area contributed by atoms with E-state index in [2.05, 4.69) is 0 Å². The van der Waals surface area contributed by atoms with Crippen LogP contribution in [0.5, 0.6) is 34.5 Å². The Labute approximate surface area is 208 Å². The summed E-state index contributed by atoms with van der Waals surface area (Å²) >= 11 is 0. The summed E-state index contributed by atoms with van der Waals surface area (Å²) in [6, 6.07) is 13.7. The molecule has 0 aliphatic heterocycles. The van der Waals surface area contributed by atoms with E-state index >= 15 is 0 Å². The molecule has 182 valence electrons. The van der Waals surface area contributed by atoms with E-state index in [0.717, 1.165) is 55.6 Å². The average molecular weight is 483 g/mol. The van der Waals surface area contributed by atoms with Gasteiger partial charge in [-0.1, -0.05) is 12.1 Å². The van der Waals surface area contributed by atoms with Crippen LogP contribution in [0.25, 0.3) is 33.4 Å². The molecule has 4 aromatic rings. The van der Waals surface area contributed by atoms with Gasteiger partial charge in [0.1, 0.15) is 34.5 Å². The molecule has 2 aliphatic carbocycles. The zero-order valence-corrected chi connectivity index (χ0v) is 20.1. The molecule has 0 amide bonds. The smallest absolute Gasteiger partial charge is 0.130 e. The van der Waals surface area contributed by atoms with Gasteiger partial charge < -0.3 is 29.9 Å². The van der Waals surface area contributed by atoms with Crippen LogP contribution in [0, 0.1) is 0 Å². The topological polar surface area (TPSA) is 99.4 Å². The number of hydrogen-bond donors (Lipinski definition) is 4. The number of hydrogen-bond acceptors (Lipinski definition) is 6. The second-order valence-corrected chi connectivity index (χ2v) is 9.34. The summed E-state index contributed by atoms with van der Waals surface area (Å²) in [7, 11) is 3.16. The van der Waals surface area contributed by atoms with Crippen LogP contribution in [0.4, 0.5) is 0 Å². The highest BCUT2D eigenvalue weighted by atomic mass is 16.5. The molecule has 2 aliphatic rings. The first-order chi connectivity index (χ1) is 17.4. The highest BCUT2D eigenvalue weighted by Gasteiger charge is 2.32. The lowest BCUT2D eigenvalue weighted by Gasteiger charge is -2.30. The molecule has 0 saturated carbocycles. The Morgan fingerprint density at radius 1 is 0.528 bits per heavy atom. The highest BCUT2D eigenvalue weighted by molar-refractivity contribution is 5.96. The third-order valence-electron chi connectivity index (χ3n) is 7.44. The minimum Gasteiger partial charge on any atom is -0.508 e. The Kier molecular flexibility index (Phi) is 5.00. The number of phenolic OH excluding ortho intramolecular Hbond substituents is 4. The largest absolute Gasteiger partial charge is 0.508 e. The van der Waals surface area contributed by atoms with Crippen LogP contribution in [-0.2, 0) is 25.7 Å². The normalized spacial score (nSPS) is 13.3. The first kappa shape index (κ1) is 22.2. The lowest BCUT2D eigenvalue weighted by molar-refractivity contribution is 0.402. The fraction of sp³-hybridized carbons (Fsp3) is 0.200. The quantitative estimate of drug-likeness (QED) is 0.298. The van der Waals surface area contributed by atoms with Crippen molar-refractivity contribution in [2.75, 3.05) is 14.2 Å². The van der Waals surface area contributed by atoms with Crippen molar-refractivity contribution in [3.63, 3.8) is 0 Å². The minimum absolute atomic E-state index is 0.115. The van der Waals surface area contributed by atoms with Gasteiger partial charge in [-0.2, -0.15) is 0 Å². The molecule has 0 saturated heterocycles. The van der Waals surface area contributed by atoms with Gasteiger partial charge in [0.05, 0.1) is 14.2 Å². The molecule has 0 spiro atoms. The van der Waals surface area contributed by atoms with E-state index in [1.54, 1.807) is 50.6 Å². The molecule has 4 N–H and O–H groups in total. The molecule has 0 aromatic heterocycles. The Morgan fingerprint density at radius 3 is 1.33 bits per heavy atom. The van der Waals surface area contributed by atoms with Crippen LogP contribution in [0.1, 0.15) is 22.3 Å². The second-order valence-electron chi connectivity index (χ2n) is 9.34. The lowest BCUT2D eigenvalue weighted by Crippen LogP contribution is -2.11. The van der Waals surface area contributed by atoms with E-state index in [1.807, 2.05) is 12.1 Å². The van der Waals surface area contributed by atoms with Crippen molar-refractivity contribution in [2.45, 2.75) is 25.7 Å². The summed E-state index contributed by atoms with van der Waals surface area (Å²) in [5.41, 5.74) is 8.68. The molecule has 36 heavy (non-hydrogen) atoms. The van der Waals surface area contributed by atoms with Crippen molar-refractivity contribution in [3.05, 3.63) is 70.8 Å². The van der Waals surface area contributed by atoms with Crippen LogP contribution < -0.4 is 9.47 Å². The van der Waals surface area contributed by atoms with Gasteiger partial charge in [0, 0.05) is 34.4 Å². The summed E-state index contributed by atoms with van der Waals surface area (Å²) in [5, 5.41) is 42.2. The zero-order valence-electron chi connectivity index (χ0n) is 20.1. The maximum atomic E-state index is 11.1. The monoisotopic (exact) mass is 482 g/mol. The van der Waals surface area contributed by atoms with Crippen molar-refractivity contribution >= 4 is 0 Å². The van der Waals surface area contributed by atoms with Crippen molar-refractivity contribution < 1.29 is 29.9 Å². The van der Waals surface area contributed by atoms with Crippen LogP contribution >= 0.6 is 0 Å². The van der Waals surface area contributed by atoms with Gasteiger partial charge in [-0.25, -0.2) is 0 Å². The first-order valence-corrected chi connectivity index (χ1v) is 11.9. The molecule has 0 unspecified atom stereocenters. The van der Waals surface area contributed by atoms with Crippen LogP contribution in [0.3, 0.4) is 0 Å². The van der Waals surface area contributed by atoms with Crippen molar-refractivity contribution in [1.82, 2.24) is 0 Å². The van der Waals surface area contributed by atoms with E-state index in [4.69, 9.17) is 9.47 Å². The Balaban J connectivity index is 1.70. The molecule has 4 aromatic carbocycles. The molecule has 0 heterocycles. The first-order valence-electron chi connectivity index (χ1n) is 11.9. The van der Waals surface area contributed by atoms with Crippen LogP contribution in [-0.4, -0.2) is 34.6 Å². The Morgan fingerprint density at radius 2 is 0.944 bits per heavy atom. The van der Waals surface area contributed by atoms with Gasteiger partial charge in [-0.05, 0) is 83.3 Å². The van der Waals surface area contributed by atoms with Gasteiger partial charge in [-0.15, -0.1) is 0 Å². The highest BCUT2D eigenvalue weighted by Crippen LogP contribution is 2.55. The van der Waals surface area contributed by atoms with Gasteiger partial charge >= 0.3 is 0 Å². The standard InChI is InChI=1S/C30H26O6/c1-35-25-13-23(33)27-19-9-5-17(31)11-15(19)3-7-21(27)29(25)30-22-8-4-16-12-18(32)6-10-20(16)28(22)24(34)14-26(30)36-2/h5-6,9-14,31-34H,3-4,7-8H2,1-2H3. The van der Waals surface area contributed by atoms with E-state index in [9.17, 15) is 20.4 Å². The number of methoxy groups -OCH3 is 2. The number of phenols is 4. The van der Waals surface area contributed by atoms with Crippen LogP contribution in [0.2, 0.25) is 0 Å². The maximum absolute atomic E-state index is 11.1. The summed E-state index contributed by atoms with van der Waals surface area (Å²) in [4.78, 5) is 0. The summed E-state index contributed by atoms with van der Waals surface area (Å²) in [6.07, 6.45) is 2.66. The number of benzene rings is 4. The molecule has 0 atom stereocenters. The molecular weight excluding hydrogens is 456 g/mol. The van der Waals surface area contributed by atoms with Gasteiger partial charge in [0.25, 0.3) is 0 Å². The molecule has 0 fully saturated rings. The third-order valence-corrected chi connectivity index (χ3v) is 7.44. The molecule has 6 rings (SSSR count). The van der Waals surface area contributed by atoms with Gasteiger partial charge in [0.15, 0.2) is 0 Å². The lowest BCUT2D eigenvalue weighted by atomic mass is 9.76. The summed E-state index contributed by atoms with van der Waals surface area (Å²) in [6.45, 7) is 0. The molecule has 6 nitrogen and oxygen atoms in total. The number of ether oxygens (including phenoxy) is 2. The summed E-state index contributed by atoms with van der Waals surface area (Å²) in [5.74, 6) is 1.68. The molecular formula is C30H26O6. The molecule has 0 bridgehead atoms. The molecule has 6 heteroatoms.